The number of hydrogen-bond donors (Lipinski definition) is 1. The molecule has 1 N–H and O–H groups in total. The summed E-state index contributed by atoms with van der Waals surface area (Å²) in [6.07, 6.45) is 4.01. The molecule has 0 atom stereocenters. The molecule has 0 fully saturated rings. The van der Waals surface area contributed by atoms with E-state index in [1.807, 2.05) is 42.2 Å². The first kappa shape index (κ1) is 15.0. The van der Waals surface area contributed by atoms with E-state index < -0.39 is 0 Å². The number of nitrogens with zero attached hydrogens (tertiary/aromatic N) is 3. The number of halogens is 1. The Hall–Kier alpha value is -1.36. The molecule has 1 heterocycles. The van der Waals surface area contributed by atoms with Crippen LogP contribution >= 0.6 is 11.6 Å². The number of benzene rings is 1. The van der Waals surface area contributed by atoms with Gasteiger partial charge in [0.25, 0.3) is 0 Å². The first-order valence-corrected chi connectivity index (χ1v) is 7.14. The van der Waals surface area contributed by atoms with Crippen molar-refractivity contribution >= 4 is 11.6 Å². The van der Waals surface area contributed by atoms with Gasteiger partial charge in [0.15, 0.2) is 0 Å². The molecule has 5 heteroatoms. The molecule has 1 aromatic heterocycles. The molecule has 0 aliphatic heterocycles. The van der Waals surface area contributed by atoms with Gasteiger partial charge in [-0.3, -0.25) is 4.68 Å². The van der Waals surface area contributed by atoms with E-state index in [1.165, 1.54) is 5.56 Å². The molecule has 0 bridgehead atoms. The summed E-state index contributed by atoms with van der Waals surface area (Å²) in [5.74, 6) is 0. The van der Waals surface area contributed by atoms with E-state index in [0.717, 1.165) is 30.2 Å². The van der Waals surface area contributed by atoms with Crippen LogP contribution in [0.25, 0.3) is 0 Å². The van der Waals surface area contributed by atoms with Crippen LogP contribution < -0.4 is 5.32 Å². The minimum atomic E-state index is 0.708. The van der Waals surface area contributed by atoms with Crippen LogP contribution in [0.15, 0.2) is 36.7 Å². The topological polar surface area (TPSA) is 33.1 Å². The first-order chi connectivity index (χ1) is 9.69. The maximum absolute atomic E-state index is 6.17. The van der Waals surface area contributed by atoms with Gasteiger partial charge in [-0.1, -0.05) is 29.8 Å². The molecule has 1 aromatic carbocycles. The van der Waals surface area contributed by atoms with Crippen LogP contribution in [-0.2, 0) is 13.1 Å². The van der Waals surface area contributed by atoms with Crippen LogP contribution in [0.2, 0.25) is 5.02 Å². The zero-order chi connectivity index (χ0) is 14.4. The third kappa shape index (κ3) is 4.34. The zero-order valence-electron chi connectivity index (χ0n) is 12.0. The van der Waals surface area contributed by atoms with E-state index in [4.69, 9.17) is 11.6 Å². The van der Waals surface area contributed by atoms with Crippen molar-refractivity contribution in [3.05, 3.63) is 52.8 Å². The van der Waals surface area contributed by atoms with Gasteiger partial charge in [0.1, 0.15) is 0 Å². The summed E-state index contributed by atoms with van der Waals surface area (Å²) in [7, 11) is 4.08. The van der Waals surface area contributed by atoms with Gasteiger partial charge in [-0.05, 0) is 25.7 Å². The third-order valence-corrected chi connectivity index (χ3v) is 3.54. The maximum Gasteiger partial charge on any atom is 0.0674 e. The molecule has 0 aliphatic rings. The molecule has 4 nitrogen and oxygen atoms in total. The monoisotopic (exact) mass is 292 g/mol. The number of aromatic nitrogens is 2. The highest BCUT2D eigenvalue weighted by atomic mass is 35.5. The Kier molecular flexibility index (Phi) is 5.59. The predicted molar refractivity (Wildman–Crippen MR) is 83.0 cm³/mol. The number of nitrogens with one attached hydrogen (secondary N) is 1. The smallest absolute Gasteiger partial charge is 0.0674 e. The van der Waals surface area contributed by atoms with Gasteiger partial charge < -0.3 is 10.2 Å². The molecular weight excluding hydrogens is 272 g/mol. The number of hydrogen-bond acceptors (Lipinski definition) is 3. The Labute approximate surface area is 125 Å². The Morgan fingerprint density at radius 2 is 2.15 bits per heavy atom. The van der Waals surface area contributed by atoms with Crippen molar-refractivity contribution in [2.45, 2.75) is 13.1 Å². The van der Waals surface area contributed by atoms with Crippen molar-refractivity contribution in [3.63, 3.8) is 0 Å². The van der Waals surface area contributed by atoms with Gasteiger partial charge in [0.2, 0.25) is 0 Å². The summed E-state index contributed by atoms with van der Waals surface area (Å²) in [6, 6.07) is 7.88. The molecule has 0 spiro atoms. The van der Waals surface area contributed by atoms with Crippen molar-refractivity contribution in [3.8, 4) is 0 Å². The van der Waals surface area contributed by atoms with Gasteiger partial charge in [-0.25, -0.2) is 0 Å². The van der Waals surface area contributed by atoms with Gasteiger partial charge in [0, 0.05) is 36.4 Å². The summed E-state index contributed by atoms with van der Waals surface area (Å²) >= 11 is 6.17. The predicted octanol–water partition coefficient (Wildman–Crippen LogP) is 2.24. The summed E-state index contributed by atoms with van der Waals surface area (Å²) < 4.78 is 1.93. The first-order valence-electron chi connectivity index (χ1n) is 6.77. The normalized spacial score (nSPS) is 11.2. The molecule has 0 aliphatic carbocycles. The lowest BCUT2D eigenvalue weighted by molar-refractivity contribution is 0.328. The maximum atomic E-state index is 6.17. The lowest BCUT2D eigenvalue weighted by atomic mass is 10.2. The summed E-state index contributed by atoms with van der Waals surface area (Å²) in [5.41, 5.74) is 2.31. The highest BCUT2D eigenvalue weighted by Crippen LogP contribution is 2.16. The van der Waals surface area contributed by atoms with E-state index in [1.54, 1.807) is 0 Å². The molecule has 0 amide bonds. The van der Waals surface area contributed by atoms with E-state index in [9.17, 15) is 0 Å². The van der Waals surface area contributed by atoms with Crippen LogP contribution in [0, 0.1) is 0 Å². The quantitative estimate of drug-likeness (QED) is 0.850. The molecule has 0 saturated heterocycles. The molecule has 0 radical (unpaired) electrons. The minimum absolute atomic E-state index is 0.708. The van der Waals surface area contributed by atoms with E-state index in [2.05, 4.69) is 28.6 Å². The molecule has 20 heavy (non-hydrogen) atoms. The Balaban J connectivity index is 1.94. The lowest BCUT2D eigenvalue weighted by Crippen LogP contribution is -2.26. The van der Waals surface area contributed by atoms with E-state index >= 15 is 0 Å². The molecule has 0 saturated carbocycles. The number of rotatable bonds is 7. The lowest BCUT2D eigenvalue weighted by Gasteiger charge is -2.14. The fourth-order valence-electron chi connectivity index (χ4n) is 2.07. The molecule has 2 rings (SSSR count). The van der Waals surface area contributed by atoms with Crippen molar-refractivity contribution in [1.29, 1.82) is 0 Å². The summed E-state index contributed by atoms with van der Waals surface area (Å²) in [4.78, 5) is 2.27. The second-order valence-corrected chi connectivity index (χ2v) is 5.39. The Bertz CT molecular complexity index is 538. The van der Waals surface area contributed by atoms with Crippen LogP contribution in [0.3, 0.4) is 0 Å². The van der Waals surface area contributed by atoms with Crippen LogP contribution in [-0.4, -0.2) is 41.9 Å². The summed E-state index contributed by atoms with van der Waals surface area (Å²) in [6.45, 7) is 3.63. The average molecular weight is 293 g/mol. The Morgan fingerprint density at radius 1 is 1.35 bits per heavy atom. The van der Waals surface area contributed by atoms with E-state index in [-0.39, 0.29) is 0 Å². The molecule has 2 aromatic rings. The van der Waals surface area contributed by atoms with Gasteiger partial charge in [-0.15, -0.1) is 0 Å². The van der Waals surface area contributed by atoms with Crippen molar-refractivity contribution in [2.75, 3.05) is 27.2 Å². The van der Waals surface area contributed by atoms with Crippen LogP contribution in [0.4, 0.5) is 0 Å². The van der Waals surface area contributed by atoms with Crippen LogP contribution in [0.5, 0.6) is 0 Å². The molecular formula is C15H21ClN4. The van der Waals surface area contributed by atoms with E-state index in [0.29, 0.717) is 6.54 Å². The van der Waals surface area contributed by atoms with Crippen LogP contribution in [0.1, 0.15) is 11.1 Å². The second-order valence-electron chi connectivity index (χ2n) is 4.98. The average Bonchev–Trinajstić information content (AvgIpc) is 2.86. The Morgan fingerprint density at radius 3 is 2.90 bits per heavy atom. The zero-order valence-corrected chi connectivity index (χ0v) is 12.8. The standard InChI is InChI=1S/C15H21ClN4/c1-17-7-8-19(2)10-13-9-18-20(11-13)12-14-5-3-4-6-15(14)16/h3-6,9,11,17H,7-8,10,12H2,1-2H3. The fourth-order valence-corrected chi connectivity index (χ4v) is 2.26. The van der Waals surface area contributed by atoms with Crippen molar-refractivity contribution < 1.29 is 0 Å². The second kappa shape index (κ2) is 7.43. The van der Waals surface area contributed by atoms with Gasteiger partial charge in [-0.2, -0.15) is 5.10 Å². The number of likely N-dealkylation sites (N-methyl/N-ethyl adjacent to an activating group) is 2. The third-order valence-electron chi connectivity index (χ3n) is 3.17. The molecule has 0 unspecified atom stereocenters. The molecule has 108 valence electrons. The minimum Gasteiger partial charge on any atom is -0.318 e. The highest BCUT2D eigenvalue weighted by molar-refractivity contribution is 6.31. The highest BCUT2D eigenvalue weighted by Gasteiger charge is 2.05. The van der Waals surface area contributed by atoms with Crippen molar-refractivity contribution in [1.82, 2.24) is 20.0 Å². The van der Waals surface area contributed by atoms with Crippen molar-refractivity contribution in [2.24, 2.45) is 0 Å². The SMILES string of the molecule is CNCCN(C)Cc1cnn(Cc2ccccc2Cl)c1. The summed E-state index contributed by atoms with van der Waals surface area (Å²) in [5, 5.41) is 8.34. The largest absolute Gasteiger partial charge is 0.318 e. The van der Waals surface area contributed by atoms with Gasteiger partial charge in [0.05, 0.1) is 12.7 Å². The fraction of sp³-hybridized carbons (Fsp3) is 0.400. The van der Waals surface area contributed by atoms with Gasteiger partial charge >= 0.3 is 0 Å².